The van der Waals surface area contributed by atoms with Crippen LogP contribution in [0.25, 0.3) is 0 Å². The first-order chi connectivity index (χ1) is 12.5. The lowest BCUT2D eigenvalue weighted by molar-refractivity contribution is -0.135. The summed E-state index contributed by atoms with van der Waals surface area (Å²) in [5, 5.41) is 22.7. The zero-order chi connectivity index (χ0) is 19.6. The molecule has 0 aliphatic carbocycles. The molecule has 0 aromatic carbocycles. The molecule has 0 aliphatic rings. The summed E-state index contributed by atoms with van der Waals surface area (Å²) in [7, 11) is 1.36. The van der Waals surface area contributed by atoms with Crippen LogP contribution in [0.5, 0.6) is 0 Å². The largest absolute Gasteiger partial charge is 0.466 e. The van der Waals surface area contributed by atoms with Crippen LogP contribution >= 0.6 is 0 Å². The van der Waals surface area contributed by atoms with Crippen molar-refractivity contribution in [2.24, 2.45) is 0 Å². The Labute approximate surface area is 155 Å². The van der Waals surface area contributed by atoms with Crippen LogP contribution in [-0.2, 0) is 19.1 Å². The second-order valence-electron chi connectivity index (χ2n) is 5.92. The van der Waals surface area contributed by atoms with Crippen LogP contribution in [0.4, 0.5) is 0 Å². The van der Waals surface area contributed by atoms with E-state index in [2.05, 4.69) is 15.4 Å². The summed E-state index contributed by atoms with van der Waals surface area (Å²) in [4.78, 5) is 33.6. The summed E-state index contributed by atoms with van der Waals surface area (Å²) >= 11 is 0. The van der Waals surface area contributed by atoms with Gasteiger partial charge in [-0.1, -0.05) is 31.8 Å². The minimum atomic E-state index is -1.42. The Morgan fingerprint density at radius 2 is 1.62 bits per heavy atom. The van der Waals surface area contributed by atoms with E-state index >= 15 is 0 Å². The van der Waals surface area contributed by atoms with Gasteiger partial charge in [-0.2, -0.15) is 0 Å². The molecule has 8 nitrogen and oxygen atoms in total. The number of allylic oxidation sites excluding steroid dienone is 1. The van der Waals surface area contributed by atoms with Crippen molar-refractivity contribution < 1.29 is 29.3 Å². The van der Waals surface area contributed by atoms with Gasteiger partial charge in [0.25, 0.3) is 5.91 Å². The third-order valence-electron chi connectivity index (χ3n) is 3.70. The lowest BCUT2D eigenvalue weighted by Crippen LogP contribution is -2.40. The van der Waals surface area contributed by atoms with E-state index in [4.69, 9.17) is 10.2 Å². The first-order valence-electron chi connectivity index (χ1n) is 9.09. The number of carbonyl (C=O) groups is 3. The maximum atomic E-state index is 11.6. The van der Waals surface area contributed by atoms with E-state index in [-0.39, 0.29) is 18.4 Å². The number of ether oxygens (including phenoxy) is 1. The van der Waals surface area contributed by atoms with Crippen molar-refractivity contribution in [3.63, 3.8) is 0 Å². The molecule has 2 amide bonds. The van der Waals surface area contributed by atoms with Gasteiger partial charge in [0.2, 0.25) is 5.91 Å². The van der Waals surface area contributed by atoms with E-state index in [1.165, 1.54) is 13.2 Å². The highest BCUT2D eigenvalue weighted by molar-refractivity contribution is 5.81. The van der Waals surface area contributed by atoms with Crippen molar-refractivity contribution in [2.75, 3.05) is 26.8 Å². The highest BCUT2D eigenvalue weighted by atomic mass is 16.5. The Hall–Kier alpha value is -1.93. The van der Waals surface area contributed by atoms with E-state index in [1.54, 1.807) is 0 Å². The summed E-state index contributed by atoms with van der Waals surface area (Å²) in [6.07, 6.45) is 9.28. The molecule has 4 N–H and O–H groups in total. The van der Waals surface area contributed by atoms with Gasteiger partial charge in [-0.05, 0) is 19.3 Å². The number of aliphatic hydroxyl groups is 2. The van der Waals surface area contributed by atoms with Gasteiger partial charge in [-0.3, -0.25) is 9.59 Å². The van der Waals surface area contributed by atoms with Crippen LogP contribution in [0.15, 0.2) is 12.2 Å². The molecule has 0 bridgehead atoms. The van der Waals surface area contributed by atoms with Gasteiger partial charge in [-0.15, -0.1) is 0 Å². The number of rotatable bonds is 15. The lowest BCUT2D eigenvalue weighted by atomic mass is 10.1. The fourth-order valence-electron chi connectivity index (χ4n) is 2.18. The summed E-state index contributed by atoms with van der Waals surface area (Å²) < 4.78 is 4.50. The normalized spacial score (nSPS) is 12.0. The molecule has 8 heteroatoms. The van der Waals surface area contributed by atoms with Crippen LogP contribution in [0.3, 0.4) is 0 Å². The number of unbranched alkanes of at least 4 members (excludes halogenated alkanes) is 6. The van der Waals surface area contributed by atoms with Gasteiger partial charge in [-0.25, -0.2) is 4.79 Å². The van der Waals surface area contributed by atoms with Gasteiger partial charge < -0.3 is 25.6 Å². The zero-order valence-corrected chi connectivity index (χ0v) is 15.5. The van der Waals surface area contributed by atoms with Crippen molar-refractivity contribution in [1.82, 2.24) is 10.6 Å². The summed E-state index contributed by atoms with van der Waals surface area (Å²) in [6, 6.07) is 0. The van der Waals surface area contributed by atoms with Crippen LogP contribution in [0.2, 0.25) is 0 Å². The second-order valence-corrected chi connectivity index (χ2v) is 5.92. The summed E-state index contributed by atoms with van der Waals surface area (Å²) in [5.41, 5.74) is 0. The fourth-order valence-corrected chi connectivity index (χ4v) is 2.18. The SMILES string of the molecule is COC(=O)C=CCCCCCCCCC(=O)NCCNC(=O)[C@@H](O)CO. The van der Waals surface area contributed by atoms with Gasteiger partial charge in [0.05, 0.1) is 13.7 Å². The molecule has 0 heterocycles. The molecule has 0 aromatic rings. The Bertz CT molecular complexity index is 439. The third-order valence-corrected chi connectivity index (χ3v) is 3.70. The van der Waals surface area contributed by atoms with Crippen LogP contribution < -0.4 is 10.6 Å². The maximum absolute atomic E-state index is 11.6. The van der Waals surface area contributed by atoms with Crippen LogP contribution in [0, 0.1) is 0 Å². The molecule has 0 saturated carbocycles. The summed E-state index contributed by atoms with van der Waals surface area (Å²) in [6.45, 7) is -0.115. The number of amides is 2. The first-order valence-corrected chi connectivity index (χ1v) is 9.09. The quantitative estimate of drug-likeness (QED) is 0.188. The molecule has 150 valence electrons. The maximum Gasteiger partial charge on any atom is 0.330 e. The highest BCUT2D eigenvalue weighted by Gasteiger charge is 2.12. The molecule has 0 saturated heterocycles. The predicted octanol–water partition coefficient (Wildman–Crippen LogP) is 0.422. The molecule has 0 radical (unpaired) electrons. The van der Waals surface area contributed by atoms with Crippen LogP contribution in [0.1, 0.15) is 51.4 Å². The molecule has 1 atom stereocenters. The number of aliphatic hydroxyl groups excluding tert-OH is 2. The van der Waals surface area contributed by atoms with Gasteiger partial charge >= 0.3 is 5.97 Å². The minimum absolute atomic E-state index is 0.0603. The van der Waals surface area contributed by atoms with Crippen molar-refractivity contribution in [3.05, 3.63) is 12.2 Å². The Kier molecular flexibility index (Phi) is 15.3. The van der Waals surface area contributed by atoms with Crippen molar-refractivity contribution in [2.45, 2.75) is 57.5 Å². The van der Waals surface area contributed by atoms with Gasteiger partial charge in [0.1, 0.15) is 0 Å². The third kappa shape index (κ3) is 14.4. The molecule has 26 heavy (non-hydrogen) atoms. The van der Waals surface area contributed by atoms with Crippen LogP contribution in [-0.4, -0.2) is 60.9 Å². The van der Waals surface area contributed by atoms with Crippen molar-refractivity contribution in [1.29, 1.82) is 0 Å². The lowest BCUT2D eigenvalue weighted by Gasteiger charge is -2.09. The van der Waals surface area contributed by atoms with E-state index in [1.807, 2.05) is 6.08 Å². The van der Waals surface area contributed by atoms with E-state index < -0.39 is 18.6 Å². The number of hydrogen-bond acceptors (Lipinski definition) is 6. The number of carbonyl (C=O) groups excluding carboxylic acids is 3. The Balaban J connectivity index is 3.40. The molecular formula is C18H32N2O6. The smallest absolute Gasteiger partial charge is 0.330 e. The monoisotopic (exact) mass is 372 g/mol. The van der Waals surface area contributed by atoms with E-state index in [0.29, 0.717) is 13.0 Å². The van der Waals surface area contributed by atoms with Gasteiger partial charge in [0.15, 0.2) is 6.10 Å². The molecule has 0 unspecified atom stereocenters. The average molecular weight is 372 g/mol. The van der Waals surface area contributed by atoms with Crippen molar-refractivity contribution in [3.8, 4) is 0 Å². The first kappa shape index (κ1) is 24.1. The minimum Gasteiger partial charge on any atom is -0.466 e. The van der Waals surface area contributed by atoms with E-state index in [0.717, 1.165) is 44.9 Å². The predicted molar refractivity (Wildman–Crippen MR) is 97.2 cm³/mol. The molecule has 0 spiro atoms. The molecule has 0 aliphatic heterocycles. The fraction of sp³-hybridized carbons (Fsp3) is 0.722. The number of hydrogen-bond donors (Lipinski definition) is 4. The molecule has 0 rings (SSSR count). The number of esters is 1. The number of methoxy groups -OCH3 is 1. The Morgan fingerprint density at radius 1 is 1.00 bits per heavy atom. The topological polar surface area (TPSA) is 125 Å². The standard InChI is InChI=1S/C18H32N2O6/c1-26-17(24)11-9-7-5-3-2-4-6-8-10-16(23)19-12-13-20-18(25)15(22)14-21/h9,11,15,21-22H,2-8,10,12-14H2,1H3,(H,19,23)(H,20,25)/t15-/m0/s1. The molecule has 0 aromatic heterocycles. The van der Waals surface area contributed by atoms with E-state index in [9.17, 15) is 14.4 Å². The second kappa shape index (κ2) is 16.5. The van der Waals surface area contributed by atoms with Gasteiger partial charge in [0, 0.05) is 25.6 Å². The zero-order valence-electron chi connectivity index (χ0n) is 15.5. The van der Waals surface area contributed by atoms with Crippen molar-refractivity contribution >= 4 is 17.8 Å². The average Bonchev–Trinajstić information content (AvgIpc) is 2.65. The molecule has 0 fully saturated rings. The highest BCUT2D eigenvalue weighted by Crippen LogP contribution is 2.08. The Morgan fingerprint density at radius 3 is 2.27 bits per heavy atom. The molecular weight excluding hydrogens is 340 g/mol. The summed E-state index contributed by atoms with van der Waals surface area (Å²) in [5.74, 6) is -1.04. The number of nitrogens with one attached hydrogen (secondary N) is 2.